The Hall–Kier alpha value is -2.26. The summed E-state index contributed by atoms with van der Waals surface area (Å²) in [5.74, 6) is 0.974. The molecule has 2 N–H and O–H groups in total. The van der Waals surface area contributed by atoms with Crippen LogP contribution in [-0.2, 0) is 6.61 Å². The van der Waals surface area contributed by atoms with Gasteiger partial charge in [0.1, 0.15) is 35.5 Å². The second kappa shape index (κ2) is 7.84. The van der Waals surface area contributed by atoms with Crippen LogP contribution in [0.3, 0.4) is 0 Å². The summed E-state index contributed by atoms with van der Waals surface area (Å²) < 4.78 is 5.80. The van der Waals surface area contributed by atoms with Crippen LogP contribution in [0.25, 0.3) is 0 Å². The number of nitrogens with two attached hydrogens (primary N) is 1. The summed E-state index contributed by atoms with van der Waals surface area (Å²) in [6.45, 7) is 6.37. The maximum atomic E-state index is 9.30. The number of ether oxygens (including phenoxy) is 1. The molecule has 0 aliphatic heterocycles. The maximum Gasteiger partial charge on any atom is 0.190 e. The lowest BCUT2D eigenvalue weighted by atomic mass is 10.2. The molecule has 2 rings (SSSR count). The summed E-state index contributed by atoms with van der Waals surface area (Å²) in [4.78, 5) is 8.68. The Kier molecular flexibility index (Phi) is 5.83. The molecule has 0 bridgehead atoms. The zero-order valence-corrected chi connectivity index (χ0v) is 14.4. The molecule has 0 fully saturated rings. The third-order valence-electron chi connectivity index (χ3n) is 3.44. The molecule has 0 saturated heterocycles. The minimum atomic E-state index is 0.189. The van der Waals surface area contributed by atoms with Gasteiger partial charge in [-0.3, -0.25) is 0 Å². The van der Waals surface area contributed by atoms with Crippen molar-refractivity contribution < 1.29 is 4.74 Å². The number of anilines is 1. The Morgan fingerprint density at radius 3 is 2.74 bits per heavy atom. The lowest BCUT2D eigenvalue weighted by Gasteiger charge is -2.12. The van der Waals surface area contributed by atoms with Gasteiger partial charge in [0.05, 0.1) is 0 Å². The van der Waals surface area contributed by atoms with E-state index in [1.807, 2.05) is 31.2 Å². The van der Waals surface area contributed by atoms with Crippen LogP contribution in [0, 0.1) is 18.3 Å². The fraction of sp³-hybridized carbons (Fsp3) is 0.353. The summed E-state index contributed by atoms with van der Waals surface area (Å²) in [6, 6.07) is 9.79. The van der Waals surface area contributed by atoms with Crippen LogP contribution in [-0.4, -0.2) is 15.2 Å². The first-order valence-electron chi connectivity index (χ1n) is 7.46. The number of nitrogen functional groups attached to an aromatic ring is 1. The van der Waals surface area contributed by atoms with Crippen molar-refractivity contribution in [2.45, 2.75) is 44.2 Å². The van der Waals surface area contributed by atoms with E-state index in [0.29, 0.717) is 16.1 Å². The predicted octanol–water partition coefficient (Wildman–Crippen LogP) is 3.71. The second-order valence-electron chi connectivity index (χ2n) is 5.22. The van der Waals surface area contributed by atoms with E-state index < -0.39 is 0 Å². The molecule has 0 unspecified atom stereocenters. The molecule has 0 amide bonds. The highest BCUT2D eigenvalue weighted by molar-refractivity contribution is 7.99. The fourth-order valence-electron chi connectivity index (χ4n) is 1.91. The molecular weight excluding hydrogens is 308 g/mol. The average molecular weight is 328 g/mol. The lowest BCUT2D eigenvalue weighted by Crippen LogP contribution is -2.09. The van der Waals surface area contributed by atoms with Crippen molar-refractivity contribution >= 4 is 17.6 Å². The number of para-hydroxylation sites is 1. The average Bonchev–Trinajstić information content (AvgIpc) is 2.53. The SMILES string of the molecule is CC[C@@H](C)Sc1nc(N)c(C#N)c(COc2ccccc2C)n1. The number of aromatic nitrogens is 2. The number of aryl methyl sites for hydroxylation is 1. The standard InChI is InChI=1S/C17H20N4OS/c1-4-12(3)23-17-20-14(13(9-18)16(19)21-17)10-22-15-8-6-5-7-11(15)2/h5-8,12H,4,10H2,1-3H3,(H2,19,20,21)/t12-/m1/s1. The van der Waals surface area contributed by atoms with Gasteiger partial charge in [0.15, 0.2) is 5.16 Å². The zero-order chi connectivity index (χ0) is 16.8. The summed E-state index contributed by atoms with van der Waals surface area (Å²) in [5.41, 5.74) is 7.74. The summed E-state index contributed by atoms with van der Waals surface area (Å²) in [5, 5.41) is 10.3. The van der Waals surface area contributed by atoms with Crippen molar-refractivity contribution in [2.75, 3.05) is 5.73 Å². The van der Waals surface area contributed by atoms with Gasteiger partial charge in [0.2, 0.25) is 0 Å². The van der Waals surface area contributed by atoms with Gasteiger partial charge in [0, 0.05) is 5.25 Å². The summed E-state index contributed by atoms with van der Waals surface area (Å²) in [6.07, 6.45) is 1.00. The molecule has 1 atom stereocenters. The molecule has 5 nitrogen and oxygen atoms in total. The molecule has 1 heterocycles. The second-order valence-corrected chi connectivity index (χ2v) is 6.62. The van der Waals surface area contributed by atoms with Crippen LogP contribution in [0.2, 0.25) is 0 Å². The van der Waals surface area contributed by atoms with Crippen LogP contribution in [0.1, 0.15) is 37.1 Å². The van der Waals surface area contributed by atoms with Crippen molar-refractivity contribution in [2.24, 2.45) is 0 Å². The quantitative estimate of drug-likeness (QED) is 0.643. The topological polar surface area (TPSA) is 84.8 Å². The minimum Gasteiger partial charge on any atom is -0.487 e. The molecule has 0 aliphatic carbocycles. The number of hydrogen-bond acceptors (Lipinski definition) is 6. The minimum absolute atomic E-state index is 0.189. The monoisotopic (exact) mass is 328 g/mol. The van der Waals surface area contributed by atoms with Gasteiger partial charge in [-0.15, -0.1) is 0 Å². The number of rotatable bonds is 6. The van der Waals surface area contributed by atoms with Gasteiger partial charge in [0.25, 0.3) is 0 Å². The van der Waals surface area contributed by atoms with E-state index in [4.69, 9.17) is 10.5 Å². The summed E-state index contributed by atoms with van der Waals surface area (Å²) >= 11 is 1.55. The number of thioether (sulfide) groups is 1. The van der Waals surface area contributed by atoms with Gasteiger partial charge in [-0.1, -0.05) is 43.8 Å². The lowest BCUT2D eigenvalue weighted by molar-refractivity contribution is 0.297. The molecule has 1 aromatic carbocycles. The third-order valence-corrected chi connectivity index (χ3v) is 4.57. The Bertz CT molecular complexity index is 727. The number of nitriles is 1. The van der Waals surface area contributed by atoms with Crippen molar-refractivity contribution in [1.82, 2.24) is 9.97 Å². The van der Waals surface area contributed by atoms with Crippen LogP contribution in [0.5, 0.6) is 5.75 Å². The highest BCUT2D eigenvalue weighted by atomic mass is 32.2. The van der Waals surface area contributed by atoms with Crippen molar-refractivity contribution in [3.05, 3.63) is 41.1 Å². The van der Waals surface area contributed by atoms with E-state index in [9.17, 15) is 5.26 Å². The van der Waals surface area contributed by atoms with Gasteiger partial charge >= 0.3 is 0 Å². The predicted molar refractivity (Wildman–Crippen MR) is 92.3 cm³/mol. The highest BCUT2D eigenvalue weighted by Crippen LogP contribution is 2.25. The van der Waals surface area contributed by atoms with E-state index in [2.05, 4.69) is 29.9 Å². The Labute approximate surface area is 140 Å². The largest absolute Gasteiger partial charge is 0.487 e. The van der Waals surface area contributed by atoms with Gasteiger partial charge in [-0.25, -0.2) is 9.97 Å². The van der Waals surface area contributed by atoms with Gasteiger partial charge < -0.3 is 10.5 Å². The van der Waals surface area contributed by atoms with Crippen molar-refractivity contribution in [3.63, 3.8) is 0 Å². The van der Waals surface area contributed by atoms with Crippen LogP contribution in [0.15, 0.2) is 29.4 Å². The molecular formula is C17H20N4OS. The van der Waals surface area contributed by atoms with Crippen LogP contribution >= 0.6 is 11.8 Å². The van der Waals surface area contributed by atoms with E-state index in [1.165, 1.54) is 0 Å². The van der Waals surface area contributed by atoms with E-state index >= 15 is 0 Å². The molecule has 0 saturated carbocycles. The normalized spacial score (nSPS) is 11.7. The van der Waals surface area contributed by atoms with Crippen LogP contribution < -0.4 is 10.5 Å². The fourth-order valence-corrected chi connectivity index (χ4v) is 2.75. The number of hydrogen-bond donors (Lipinski definition) is 1. The first-order chi connectivity index (χ1) is 11.0. The van der Waals surface area contributed by atoms with Gasteiger partial charge in [-0.05, 0) is 25.0 Å². The molecule has 1 aromatic heterocycles. The zero-order valence-electron chi connectivity index (χ0n) is 13.5. The van der Waals surface area contributed by atoms with E-state index in [-0.39, 0.29) is 18.0 Å². The first-order valence-corrected chi connectivity index (χ1v) is 8.34. The van der Waals surface area contributed by atoms with Gasteiger partial charge in [-0.2, -0.15) is 5.26 Å². The Morgan fingerprint density at radius 1 is 1.35 bits per heavy atom. The molecule has 6 heteroatoms. The Balaban J connectivity index is 2.25. The van der Waals surface area contributed by atoms with Crippen LogP contribution in [0.4, 0.5) is 5.82 Å². The smallest absolute Gasteiger partial charge is 0.190 e. The molecule has 0 aliphatic rings. The molecule has 23 heavy (non-hydrogen) atoms. The third kappa shape index (κ3) is 4.36. The van der Waals surface area contributed by atoms with Crippen molar-refractivity contribution in [3.8, 4) is 11.8 Å². The van der Waals surface area contributed by atoms with Crippen molar-refractivity contribution in [1.29, 1.82) is 5.26 Å². The molecule has 0 spiro atoms. The molecule has 2 aromatic rings. The highest BCUT2D eigenvalue weighted by Gasteiger charge is 2.15. The molecule has 0 radical (unpaired) electrons. The Morgan fingerprint density at radius 2 is 2.09 bits per heavy atom. The van der Waals surface area contributed by atoms with E-state index in [1.54, 1.807) is 11.8 Å². The first kappa shape index (κ1) is 17.1. The molecule has 120 valence electrons. The maximum absolute atomic E-state index is 9.30. The number of benzene rings is 1. The summed E-state index contributed by atoms with van der Waals surface area (Å²) in [7, 11) is 0. The number of nitrogens with zero attached hydrogens (tertiary/aromatic N) is 3. The van der Waals surface area contributed by atoms with E-state index in [0.717, 1.165) is 17.7 Å².